The van der Waals surface area contributed by atoms with Crippen molar-refractivity contribution in [1.82, 2.24) is 4.90 Å². The van der Waals surface area contributed by atoms with Crippen molar-refractivity contribution in [2.45, 2.75) is 49.3 Å². The van der Waals surface area contributed by atoms with Crippen LogP contribution in [0.15, 0.2) is 23.1 Å². The maximum atomic E-state index is 12.8. The van der Waals surface area contributed by atoms with Crippen molar-refractivity contribution >= 4 is 33.4 Å². The number of likely N-dealkylation sites (tertiary alicyclic amines) is 1. The predicted molar refractivity (Wildman–Crippen MR) is 102 cm³/mol. The molecule has 2 atom stereocenters. The molecule has 3 amide bonds. The Bertz CT molecular complexity index is 999. The molecule has 0 aromatic heterocycles. The minimum Gasteiger partial charge on any atom is -0.473 e. The smallest absolute Gasteiger partial charge is 0.411 e. The number of nitrogens with one attached hydrogen (secondary N) is 1. The standard InChI is InChI=1S/C18H23N3O7S/c1-17(2,3)28-16(24)21-9-18(8-12(21)14(19)22)15(23)20-11-6-5-10(29(4,25)26)7-13(11)27-18/h5-7,12H,8-9H2,1-4H3,(H2,19,22)(H,20,23)/t12-,18+/m0/s1. The first-order chi connectivity index (χ1) is 13.2. The summed E-state index contributed by atoms with van der Waals surface area (Å²) in [6, 6.07) is 2.95. The van der Waals surface area contributed by atoms with Gasteiger partial charge in [0.15, 0.2) is 9.84 Å². The Morgan fingerprint density at radius 1 is 1.34 bits per heavy atom. The first-order valence-electron chi connectivity index (χ1n) is 8.85. The third-order valence-corrected chi connectivity index (χ3v) is 5.74. The third kappa shape index (κ3) is 4.00. The summed E-state index contributed by atoms with van der Waals surface area (Å²) in [4.78, 5) is 38.4. The summed E-state index contributed by atoms with van der Waals surface area (Å²) in [5, 5.41) is 2.65. The van der Waals surface area contributed by atoms with Crippen molar-refractivity contribution in [2.75, 3.05) is 18.1 Å². The van der Waals surface area contributed by atoms with Crippen LogP contribution >= 0.6 is 0 Å². The second-order valence-corrected chi connectivity index (χ2v) is 10.2. The quantitative estimate of drug-likeness (QED) is 0.708. The number of anilines is 1. The van der Waals surface area contributed by atoms with E-state index < -0.39 is 45.0 Å². The molecule has 2 aliphatic heterocycles. The van der Waals surface area contributed by atoms with Crippen LogP contribution < -0.4 is 15.8 Å². The first-order valence-corrected chi connectivity index (χ1v) is 10.7. The van der Waals surface area contributed by atoms with E-state index in [2.05, 4.69) is 5.32 Å². The zero-order valence-electron chi connectivity index (χ0n) is 16.5. The molecule has 3 N–H and O–H groups in total. The minimum atomic E-state index is -3.51. The Labute approximate surface area is 168 Å². The van der Waals surface area contributed by atoms with Crippen LogP contribution in [0, 0.1) is 0 Å². The van der Waals surface area contributed by atoms with Crippen LogP contribution in [0.5, 0.6) is 5.75 Å². The molecule has 29 heavy (non-hydrogen) atoms. The van der Waals surface area contributed by atoms with E-state index in [0.29, 0.717) is 5.69 Å². The summed E-state index contributed by atoms with van der Waals surface area (Å²) in [5.41, 5.74) is 3.32. The van der Waals surface area contributed by atoms with Gasteiger partial charge >= 0.3 is 6.09 Å². The summed E-state index contributed by atoms with van der Waals surface area (Å²) in [6.45, 7) is 4.73. The number of amides is 3. The molecule has 0 unspecified atom stereocenters. The molecule has 1 spiro atoms. The van der Waals surface area contributed by atoms with Crippen LogP contribution in [0.2, 0.25) is 0 Å². The average molecular weight is 425 g/mol. The van der Waals surface area contributed by atoms with Gasteiger partial charge in [-0.1, -0.05) is 0 Å². The Kier molecular flexibility index (Phi) is 4.77. The van der Waals surface area contributed by atoms with Crippen molar-refractivity contribution in [1.29, 1.82) is 0 Å². The van der Waals surface area contributed by atoms with Gasteiger partial charge in [0.25, 0.3) is 5.91 Å². The van der Waals surface area contributed by atoms with Gasteiger partial charge in [0.2, 0.25) is 11.5 Å². The molecule has 1 fully saturated rings. The lowest BCUT2D eigenvalue weighted by molar-refractivity contribution is -0.131. The van der Waals surface area contributed by atoms with E-state index >= 15 is 0 Å². The number of hydrogen-bond donors (Lipinski definition) is 2. The van der Waals surface area contributed by atoms with Crippen molar-refractivity contribution in [3.63, 3.8) is 0 Å². The van der Waals surface area contributed by atoms with E-state index in [1.165, 1.54) is 18.2 Å². The topological polar surface area (TPSA) is 145 Å². The Morgan fingerprint density at radius 2 is 2.00 bits per heavy atom. The van der Waals surface area contributed by atoms with Crippen LogP contribution in [-0.2, 0) is 24.2 Å². The van der Waals surface area contributed by atoms with Crippen molar-refractivity contribution in [3.8, 4) is 5.75 Å². The molecule has 0 aliphatic carbocycles. The van der Waals surface area contributed by atoms with E-state index in [0.717, 1.165) is 11.2 Å². The van der Waals surface area contributed by atoms with E-state index in [1.54, 1.807) is 20.8 Å². The number of hydrogen-bond acceptors (Lipinski definition) is 7. The molecule has 2 aliphatic rings. The second kappa shape index (κ2) is 6.61. The Balaban J connectivity index is 1.97. The highest BCUT2D eigenvalue weighted by Gasteiger charge is 2.57. The molecule has 158 valence electrons. The molecule has 0 radical (unpaired) electrons. The van der Waals surface area contributed by atoms with E-state index in [1.807, 2.05) is 0 Å². The number of benzene rings is 1. The number of fused-ring (bicyclic) bond motifs is 1. The fourth-order valence-corrected chi connectivity index (χ4v) is 3.93. The molecule has 2 heterocycles. The van der Waals surface area contributed by atoms with Crippen molar-refractivity contribution in [3.05, 3.63) is 18.2 Å². The largest absolute Gasteiger partial charge is 0.473 e. The first kappa shape index (κ1) is 20.9. The lowest BCUT2D eigenvalue weighted by atomic mass is 9.96. The number of rotatable bonds is 2. The number of ether oxygens (including phenoxy) is 2. The lowest BCUT2D eigenvalue weighted by Gasteiger charge is -2.34. The normalized spacial score (nSPS) is 23.9. The highest BCUT2D eigenvalue weighted by Crippen LogP contribution is 2.41. The summed E-state index contributed by atoms with van der Waals surface area (Å²) in [7, 11) is -3.51. The number of nitrogens with zero attached hydrogens (tertiary/aromatic N) is 1. The maximum Gasteiger partial charge on any atom is 0.411 e. The van der Waals surface area contributed by atoms with Crippen LogP contribution in [0.3, 0.4) is 0 Å². The maximum absolute atomic E-state index is 12.8. The fraction of sp³-hybridized carbons (Fsp3) is 0.500. The minimum absolute atomic E-state index is 0.0102. The van der Waals surface area contributed by atoms with Gasteiger partial charge in [0.1, 0.15) is 17.4 Å². The average Bonchev–Trinajstić information content (AvgIpc) is 2.94. The highest BCUT2D eigenvalue weighted by molar-refractivity contribution is 7.90. The van der Waals surface area contributed by atoms with Gasteiger partial charge in [-0.15, -0.1) is 0 Å². The van der Waals surface area contributed by atoms with E-state index in [4.69, 9.17) is 15.2 Å². The monoisotopic (exact) mass is 425 g/mol. The zero-order chi connectivity index (χ0) is 21.8. The van der Waals surface area contributed by atoms with Gasteiger partial charge in [-0.25, -0.2) is 13.2 Å². The number of sulfone groups is 1. The molecule has 0 bridgehead atoms. The van der Waals surface area contributed by atoms with E-state index in [-0.39, 0.29) is 23.6 Å². The fourth-order valence-electron chi connectivity index (χ4n) is 3.29. The number of nitrogens with two attached hydrogens (primary N) is 1. The SMILES string of the molecule is CC(C)(C)OC(=O)N1C[C@@]2(C[C@H]1C(N)=O)Oc1cc(S(C)(=O)=O)ccc1NC2=O. The molecule has 0 saturated carbocycles. The predicted octanol–water partition coefficient (Wildman–Crippen LogP) is 0.655. The second-order valence-electron chi connectivity index (χ2n) is 8.21. The molecule has 1 aromatic carbocycles. The lowest BCUT2D eigenvalue weighted by Crippen LogP contribution is -2.53. The summed E-state index contributed by atoms with van der Waals surface area (Å²) in [5.74, 6) is -1.24. The van der Waals surface area contributed by atoms with Gasteiger partial charge < -0.3 is 20.5 Å². The van der Waals surface area contributed by atoms with Crippen LogP contribution in [-0.4, -0.2) is 61.3 Å². The summed E-state index contributed by atoms with van der Waals surface area (Å²) >= 11 is 0. The van der Waals surface area contributed by atoms with Crippen molar-refractivity contribution < 1.29 is 32.3 Å². The van der Waals surface area contributed by atoms with Crippen molar-refractivity contribution in [2.24, 2.45) is 5.73 Å². The van der Waals surface area contributed by atoms with Gasteiger partial charge in [-0.05, 0) is 32.9 Å². The molecule has 3 rings (SSSR count). The molecule has 11 heteroatoms. The molecule has 1 saturated heterocycles. The number of primary amides is 1. The molecule has 10 nitrogen and oxygen atoms in total. The third-order valence-electron chi connectivity index (χ3n) is 4.63. The van der Waals surface area contributed by atoms with Gasteiger partial charge in [-0.2, -0.15) is 0 Å². The molecular formula is C18H23N3O7S. The van der Waals surface area contributed by atoms with Crippen LogP contribution in [0.25, 0.3) is 0 Å². The van der Waals surface area contributed by atoms with Gasteiger partial charge in [0.05, 0.1) is 17.1 Å². The van der Waals surface area contributed by atoms with Crippen LogP contribution in [0.1, 0.15) is 27.2 Å². The zero-order valence-corrected chi connectivity index (χ0v) is 17.3. The molecular weight excluding hydrogens is 402 g/mol. The van der Waals surface area contributed by atoms with Gasteiger partial charge in [0, 0.05) is 18.7 Å². The number of carbonyl (C=O) groups is 3. The highest BCUT2D eigenvalue weighted by atomic mass is 32.2. The molecule has 1 aromatic rings. The number of carbonyl (C=O) groups excluding carboxylic acids is 3. The Hall–Kier alpha value is -2.82. The van der Waals surface area contributed by atoms with Crippen LogP contribution in [0.4, 0.5) is 10.5 Å². The summed E-state index contributed by atoms with van der Waals surface area (Å²) in [6.07, 6.45) is 0.0652. The Morgan fingerprint density at radius 3 is 2.55 bits per heavy atom. The summed E-state index contributed by atoms with van der Waals surface area (Å²) < 4.78 is 34.9. The van der Waals surface area contributed by atoms with E-state index in [9.17, 15) is 22.8 Å². The van der Waals surface area contributed by atoms with Gasteiger partial charge in [-0.3, -0.25) is 14.5 Å².